The van der Waals surface area contributed by atoms with Crippen molar-refractivity contribution < 1.29 is 28.7 Å². The van der Waals surface area contributed by atoms with Crippen LogP contribution in [0.5, 0.6) is 0 Å². The van der Waals surface area contributed by atoms with E-state index in [0.717, 1.165) is 24.8 Å². The Morgan fingerprint density at radius 1 is 0.953 bits per heavy atom. The Labute approximate surface area is 254 Å². The molecule has 2 atom stereocenters. The molecule has 43 heavy (non-hydrogen) atoms. The third kappa shape index (κ3) is 11.2. The van der Waals surface area contributed by atoms with Gasteiger partial charge in [-0.2, -0.15) is 0 Å². The van der Waals surface area contributed by atoms with E-state index in [4.69, 9.17) is 15.2 Å². The number of hydrogen-bond acceptors (Lipinski definition) is 7. The quantitative estimate of drug-likeness (QED) is 0.318. The van der Waals surface area contributed by atoms with Gasteiger partial charge in [-0.15, -0.1) is 4.99 Å². The molecule has 238 valence electrons. The molecule has 2 fully saturated rings. The van der Waals surface area contributed by atoms with E-state index in [1.54, 1.807) is 46.4 Å². The van der Waals surface area contributed by atoms with E-state index in [0.29, 0.717) is 39.0 Å². The molecule has 2 heterocycles. The van der Waals surface area contributed by atoms with E-state index in [-0.39, 0.29) is 17.8 Å². The lowest BCUT2D eigenvalue weighted by Crippen LogP contribution is -2.54. The lowest BCUT2D eigenvalue weighted by atomic mass is 9.95. The predicted octanol–water partition coefficient (Wildman–Crippen LogP) is 3.19. The molecule has 1 aromatic carbocycles. The van der Waals surface area contributed by atoms with Crippen LogP contribution in [0.3, 0.4) is 0 Å². The summed E-state index contributed by atoms with van der Waals surface area (Å²) in [4.78, 5) is 58.2. The van der Waals surface area contributed by atoms with Gasteiger partial charge in [0.25, 0.3) is 0 Å². The first-order chi connectivity index (χ1) is 20.1. The van der Waals surface area contributed by atoms with E-state index in [1.807, 2.05) is 35.2 Å². The molecule has 2 aliphatic rings. The lowest BCUT2D eigenvalue weighted by molar-refractivity contribution is -0.139. The number of nitrogens with one attached hydrogen (secondary N) is 2. The summed E-state index contributed by atoms with van der Waals surface area (Å²) in [5.74, 6) is -0.271. The van der Waals surface area contributed by atoms with Gasteiger partial charge in [0.15, 0.2) is 0 Å². The average molecular weight is 601 g/mol. The minimum atomic E-state index is -0.805. The normalized spacial score (nSPS) is 19.1. The highest BCUT2D eigenvalue weighted by atomic mass is 16.6. The number of benzene rings is 1. The second kappa shape index (κ2) is 14.7. The third-order valence-electron chi connectivity index (χ3n) is 7.22. The Kier molecular flexibility index (Phi) is 11.5. The summed E-state index contributed by atoms with van der Waals surface area (Å²) in [5.41, 5.74) is 5.16. The van der Waals surface area contributed by atoms with Crippen LogP contribution >= 0.6 is 0 Å². The van der Waals surface area contributed by atoms with Crippen molar-refractivity contribution >= 4 is 30.0 Å². The molecule has 0 aromatic heterocycles. The number of carbonyl (C=O) groups is 4. The molecule has 0 aliphatic carbocycles. The van der Waals surface area contributed by atoms with Crippen LogP contribution in [0.15, 0.2) is 35.3 Å². The maximum atomic E-state index is 13.6. The molecule has 0 spiro atoms. The van der Waals surface area contributed by atoms with Crippen molar-refractivity contribution in [1.29, 1.82) is 0 Å². The van der Waals surface area contributed by atoms with E-state index < -0.39 is 41.4 Å². The maximum Gasteiger partial charge on any atom is 0.437 e. The van der Waals surface area contributed by atoms with Gasteiger partial charge < -0.3 is 30.3 Å². The van der Waals surface area contributed by atoms with Crippen LogP contribution in [0.1, 0.15) is 72.8 Å². The Hall–Kier alpha value is -3.67. The maximum absolute atomic E-state index is 13.6. The van der Waals surface area contributed by atoms with Gasteiger partial charge in [0.2, 0.25) is 17.8 Å². The molecule has 12 nitrogen and oxygen atoms in total. The molecule has 0 saturated carbocycles. The molecule has 0 unspecified atom stereocenters. The molecular formula is C31H48N6O6. The fourth-order valence-corrected chi connectivity index (χ4v) is 5.22. The van der Waals surface area contributed by atoms with E-state index in [1.165, 1.54) is 0 Å². The van der Waals surface area contributed by atoms with Gasteiger partial charge >= 0.3 is 12.2 Å². The molecule has 4 amide bonds. The fourth-order valence-electron chi connectivity index (χ4n) is 5.22. The molecule has 4 N–H and O–H groups in total. The standard InChI is InChI=1S/C31H48N6O6/c1-30(2,3)42-28(40)34-27(35-29(41)43-31(4,5)6)36-17-14-22(15-18-36)20-33-23(19-21-11-8-7-9-12-21)26(39)37-16-10-13-24(37)25(32)38/h7-9,11-12,22-24,33H,10,13-20H2,1-6H3,(H2,32,38)(H,34,35,40,41)/t23-,24+/m1/s1. The van der Waals surface area contributed by atoms with Crippen LogP contribution in [0, 0.1) is 5.92 Å². The number of aliphatic imine (C=N–C) groups is 1. The van der Waals surface area contributed by atoms with Gasteiger partial charge in [-0.05, 0) is 91.7 Å². The number of likely N-dealkylation sites (tertiary alicyclic amines) is 2. The SMILES string of the molecule is CC(C)(C)OC(=O)N=C(NC(=O)OC(C)(C)C)N1CCC(CN[C@H](Cc2ccccc2)C(=O)N2CCC[C@H]2C(N)=O)CC1. The zero-order valence-corrected chi connectivity index (χ0v) is 26.4. The average Bonchev–Trinajstić information content (AvgIpc) is 3.40. The third-order valence-corrected chi connectivity index (χ3v) is 7.22. The number of carbonyl (C=O) groups excluding carboxylic acids is 4. The first-order valence-electron chi connectivity index (χ1n) is 15.0. The number of piperidine rings is 1. The number of ether oxygens (including phenoxy) is 2. The highest BCUT2D eigenvalue weighted by Gasteiger charge is 2.36. The van der Waals surface area contributed by atoms with Crippen LogP contribution in [-0.4, -0.2) is 89.2 Å². The van der Waals surface area contributed by atoms with Gasteiger partial charge in [0.05, 0.1) is 6.04 Å². The molecule has 0 radical (unpaired) electrons. The summed E-state index contributed by atoms with van der Waals surface area (Å²) >= 11 is 0. The Bertz CT molecular complexity index is 1150. The molecule has 0 bridgehead atoms. The fraction of sp³-hybridized carbons (Fsp3) is 0.645. The highest BCUT2D eigenvalue weighted by Crippen LogP contribution is 2.21. The van der Waals surface area contributed by atoms with Gasteiger partial charge in [-0.3, -0.25) is 14.9 Å². The van der Waals surface area contributed by atoms with Crippen molar-refractivity contribution in [1.82, 2.24) is 20.4 Å². The topological polar surface area (TPSA) is 156 Å². The predicted molar refractivity (Wildman–Crippen MR) is 163 cm³/mol. The summed E-state index contributed by atoms with van der Waals surface area (Å²) in [6.45, 7) is 12.6. The number of rotatable bonds is 7. The van der Waals surface area contributed by atoms with Crippen molar-refractivity contribution in [3.05, 3.63) is 35.9 Å². The Balaban J connectivity index is 1.66. The van der Waals surface area contributed by atoms with Gasteiger partial charge in [-0.1, -0.05) is 30.3 Å². The van der Waals surface area contributed by atoms with Crippen LogP contribution in [0.2, 0.25) is 0 Å². The Morgan fingerprint density at radius 3 is 2.16 bits per heavy atom. The monoisotopic (exact) mass is 600 g/mol. The minimum absolute atomic E-state index is 0.0820. The van der Waals surface area contributed by atoms with Crippen LogP contribution in [0.4, 0.5) is 9.59 Å². The van der Waals surface area contributed by atoms with Gasteiger partial charge in [-0.25, -0.2) is 9.59 Å². The summed E-state index contributed by atoms with van der Waals surface area (Å²) in [7, 11) is 0. The molecule has 2 saturated heterocycles. The van der Waals surface area contributed by atoms with Crippen LogP contribution in [0.25, 0.3) is 0 Å². The first kappa shape index (κ1) is 33.8. The largest absolute Gasteiger partial charge is 0.444 e. The summed E-state index contributed by atoms with van der Waals surface area (Å²) in [6.07, 6.45) is 1.78. The number of hydrogen-bond donors (Lipinski definition) is 3. The van der Waals surface area contributed by atoms with E-state index in [2.05, 4.69) is 15.6 Å². The second-order valence-corrected chi connectivity index (χ2v) is 13.2. The van der Waals surface area contributed by atoms with Crippen molar-refractivity contribution in [3.8, 4) is 0 Å². The number of primary amides is 1. The van der Waals surface area contributed by atoms with Crippen molar-refractivity contribution in [3.63, 3.8) is 0 Å². The molecule has 2 aliphatic heterocycles. The first-order valence-corrected chi connectivity index (χ1v) is 15.0. The smallest absolute Gasteiger partial charge is 0.437 e. The van der Waals surface area contributed by atoms with Crippen molar-refractivity contribution in [2.45, 2.75) is 96.9 Å². The summed E-state index contributed by atoms with van der Waals surface area (Å²) in [5, 5.41) is 6.10. The van der Waals surface area contributed by atoms with Crippen LogP contribution < -0.4 is 16.4 Å². The van der Waals surface area contributed by atoms with E-state index >= 15 is 0 Å². The van der Waals surface area contributed by atoms with Crippen LogP contribution in [-0.2, 0) is 25.5 Å². The Morgan fingerprint density at radius 2 is 1.58 bits per heavy atom. The van der Waals surface area contributed by atoms with Crippen molar-refractivity contribution in [2.75, 3.05) is 26.2 Å². The zero-order chi connectivity index (χ0) is 31.8. The molecular weight excluding hydrogens is 552 g/mol. The van der Waals surface area contributed by atoms with Gasteiger partial charge in [0.1, 0.15) is 17.2 Å². The number of nitrogens with two attached hydrogens (primary N) is 1. The van der Waals surface area contributed by atoms with Gasteiger partial charge in [0, 0.05) is 19.6 Å². The molecule has 12 heteroatoms. The minimum Gasteiger partial charge on any atom is -0.444 e. The molecule has 1 aromatic rings. The summed E-state index contributed by atoms with van der Waals surface area (Å²) in [6, 6.07) is 8.71. The number of nitrogens with zero attached hydrogens (tertiary/aromatic N) is 3. The van der Waals surface area contributed by atoms with E-state index in [9.17, 15) is 19.2 Å². The second-order valence-electron chi connectivity index (χ2n) is 13.2. The lowest BCUT2D eigenvalue weighted by Gasteiger charge is -2.35. The number of alkyl carbamates (subject to hydrolysis) is 1. The molecule has 3 rings (SSSR count). The summed E-state index contributed by atoms with van der Waals surface area (Å²) < 4.78 is 10.7. The number of guanidine groups is 1. The highest BCUT2D eigenvalue weighted by molar-refractivity contribution is 5.99. The zero-order valence-electron chi connectivity index (χ0n) is 26.4. The number of amides is 4. The van der Waals surface area contributed by atoms with Crippen molar-refractivity contribution in [2.24, 2.45) is 16.6 Å².